The molecule has 0 radical (unpaired) electrons. The average molecular weight is 323 g/mol. The summed E-state index contributed by atoms with van der Waals surface area (Å²) in [5.74, 6) is 0.720. The number of nitro groups is 1. The van der Waals surface area contributed by atoms with E-state index in [9.17, 15) is 14.9 Å². The van der Waals surface area contributed by atoms with Crippen LogP contribution in [0.2, 0.25) is 0 Å². The first-order valence-electron chi connectivity index (χ1n) is 7.16. The molecule has 2 aromatic heterocycles. The third-order valence-corrected chi connectivity index (χ3v) is 3.41. The Kier molecular flexibility index (Phi) is 4.11. The number of ketones is 1. The van der Waals surface area contributed by atoms with Gasteiger partial charge < -0.3 is 8.83 Å². The normalized spacial score (nSPS) is 11.0. The number of carbonyl (C=O) groups is 1. The number of hydrogen-bond acceptors (Lipinski definition) is 5. The van der Waals surface area contributed by atoms with Crippen molar-refractivity contribution in [3.05, 3.63) is 82.0 Å². The number of nitrogens with zero attached hydrogens (tertiary/aromatic N) is 1. The number of allylic oxidation sites excluding steroid dienone is 1. The lowest BCUT2D eigenvalue weighted by Gasteiger charge is -2.01. The fourth-order valence-electron chi connectivity index (χ4n) is 2.25. The summed E-state index contributed by atoms with van der Waals surface area (Å²) in [5.41, 5.74) is 1.16. The van der Waals surface area contributed by atoms with E-state index in [-0.39, 0.29) is 17.2 Å². The van der Waals surface area contributed by atoms with Crippen molar-refractivity contribution in [3.8, 4) is 11.3 Å². The molecule has 120 valence electrons. The van der Waals surface area contributed by atoms with Crippen LogP contribution in [0.4, 0.5) is 5.69 Å². The summed E-state index contributed by atoms with van der Waals surface area (Å²) < 4.78 is 10.6. The topological polar surface area (TPSA) is 86.5 Å². The molecule has 1 aromatic carbocycles. The third-order valence-electron chi connectivity index (χ3n) is 3.41. The van der Waals surface area contributed by atoms with Crippen LogP contribution in [0.15, 0.2) is 63.6 Å². The molecule has 0 bridgehead atoms. The first-order chi connectivity index (χ1) is 11.5. The maximum Gasteiger partial charge on any atom is 0.280 e. The van der Waals surface area contributed by atoms with Crippen LogP contribution in [0.3, 0.4) is 0 Å². The maximum absolute atomic E-state index is 11.8. The standard InChI is InChI=1S/C18H13NO5/c1-12-4-7-14(15(11-12)19(21)22)17-9-6-13(24-17)5-8-16(20)18-3-2-10-23-18/h2-11H,1H3/b8-5+. The second kappa shape index (κ2) is 6.37. The summed E-state index contributed by atoms with van der Waals surface area (Å²) in [5, 5.41) is 11.2. The minimum atomic E-state index is -0.444. The van der Waals surface area contributed by atoms with Crippen LogP contribution >= 0.6 is 0 Å². The molecule has 0 aliphatic rings. The molecule has 6 heteroatoms. The van der Waals surface area contributed by atoms with Crippen molar-refractivity contribution in [2.24, 2.45) is 0 Å². The van der Waals surface area contributed by atoms with Crippen LogP contribution in [0.5, 0.6) is 0 Å². The van der Waals surface area contributed by atoms with Crippen molar-refractivity contribution in [2.75, 3.05) is 0 Å². The lowest BCUT2D eigenvalue weighted by Crippen LogP contribution is -1.92. The Morgan fingerprint density at radius 2 is 2.04 bits per heavy atom. The van der Waals surface area contributed by atoms with Crippen LogP contribution in [0, 0.1) is 17.0 Å². The van der Waals surface area contributed by atoms with E-state index in [0.717, 1.165) is 5.56 Å². The minimum absolute atomic E-state index is 0.0217. The van der Waals surface area contributed by atoms with Crippen LogP contribution in [0.1, 0.15) is 21.9 Å². The van der Waals surface area contributed by atoms with E-state index in [2.05, 4.69) is 0 Å². The zero-order chi connectivity index (χ0) is 17.1. The molecule has 0 unspecified atom stereocenters. The van der Waals surface area contributed by atoms with Gasteiger partial charge >= 0.3 is 0 Å². The lowest BCUT2D eigenvalue weighted by molar-refractivity contribution is -0.384. The Morgan fingerprint density at radius 1 is 1.21 bits per heavy atom. The highest BCUT2D eigenvalue weighted by molar-refractivity contribution is 6.04. The number of benzene rings is 1. The van der Waals surface area contributed by atoms with Gasteiger partial charge in [0, 0.05) is 6.07 Å². The van der Waals surface area contributed by atoms with Gasteiger partial charge in [-0.05, 0) is 55.0 Å². The van der Waals surface area contributed by atoms with Gasteiger partial charge in [-0.15, -0.1) is 0 Å². The Bertz CT molecular complexity index is 919. The molecule has 0 saturated carbocycles. The summed E-state index contributed by atoms with van der Waals surface area (Å²) in [7, 11) is 0. The molecule has 3 aromatic rings. The number of carbonyl (C=O) groups excluding carboxylic acids is 1. The van der Waals surface area contributed by atoms with E-state index in [1.807, 2.05) is 0 Å². The van der Waals surface area contributed by atoms with E-state index >= 15 is 0 Å². The van der Waals surface area contributed by atoms with Crippen molar-refractivity contribution in [2.45, 2.75) is 6.92 Å². The van der Waals surface area contributed by atoms with Gasteiger partial charge in [0.05, 0.1) is 16.7 Å². The number of furan rings is 2. The molecule has 2 heterocycles. The van der Waals surface area contributed by atoms with E-state index < -0.39 is 4.92 Å². The Labute approximate surface area is 137 Å². The van der Waals surface area contributed by atoms with Gasteiger partial charge in [-0.25, -0.2) is 0 Å². The molecule has 3 rings (SSSR count). The van der Waals surface area contributed by atoms with Crippen molar-refractivity contribution in [1.82, 2.24) is 0 Å². The molecular formula is C18H13NO5. The minimum Gasteiger partial charge on any atom is -0.461 e. The lowest BCUT2D eigenvalue weighted by atomic mass is 10.1. The molecule has 0 saturated heterocycles. The van der Waals surface area contributed by atoms with Gasteiger partial charge in [-0.3, -0.25) is 14.9 Å². The van der Waals surface area contributed by atoms with E-state index in [1.165, 1.54) is 24.5 Å². The van der Waals surface area contributed by atoms with Gasteiger partial charge in [-0.1, -0.05) is 6.07 Å². The second-order valence-electron chi connectivity index (χ2n) is 5.15. The summed E-state index contributed by atoms with van der Waals surface area (Å²) in [6, 6.07) is 11.4. The first kappa shape index (κ1) is 15.5. The molecule has 0 N–H and O–H groups in total. The first-order valence-corrected chi connectivity index (χ1v) is 7.16. The summed E-state index contributed by atoms with van der Waals surface area (Å²) >= 11 is 0. The molecule has 0 aliphatic heterocycles. The van der Waals surface area contributed by atoms with Crippen LogP contribution < -0.4 is 0 Å². The second-order valence-corrected chi connectivity index (χ2v) is 5.15. The van der Waals surface area contributed by atoms with Gasteiger partial charge in [0.15, 0.2) is 5.76 Å². The van der Waals surface area contributed by atoms with Crippen molar-refractivity contribution in [1.29, 1.82) is 0 Å². The number of hydrogen-bond donors (Lipinski definition) is 0. The third kappa shape index (κ3) is 3.17. The smallest absolute Gasteiger partial charge is 0.280 e. The molecule has 24 heavy (non-hydrogen) atoms. The zero-order valence-electron chi connectivity index (χ0n) is 12.8. The highest BCUT2D eigenvalue weighted by atomic mass is 16.6. The van der Waals surface area contributed by atoms with E-state index in [0.29, 0.717) is 17.1 Å². The van der Waals surface area contributed by atoms with Crippen molar-refractivity contribution in [3.63, 3.8) is 0 Å². The van der Waals surface area contributed by atoms with E-state index in [4.69, 9.17) is 8.83 Å². The van der Waals surface area contributed by atoms with Gasteiger partial charge in [0.2, 0.25) is 5.78 Å². The van der Waals surface area contributed by atoms with Crippen molar-refractivity contribution < 1.29 is 18.6 Å². The average Bonchev–Trinajstić information content (AvgIpc) is 3.24. The zero-order valence-corrected chi connectivity index (χ0v) is 12.8. The molecule has 0 atom stereocenters. The fourth-order valence-corrected chi connectivity index (χ4v) is 2.25. The molecule has 0 fully saturated rings. The highest BCUT2D eigenvalue weighted by Gasteiger charge is 2.18. The molecule has 6 nitrogen and oxygen atoms in total. The monoisotopic (exact) mass is 323 g/mol. The number of aryl methyl sites for hydroxylation is 1. The van der Waals surface area contributed by atoms with Crippen LogP contribution in [-0.4, -0.2) is 10.7 Å². The largest absolute Gasteiger partial charge is 0.461 e. The van der Waals surface area contributed by atoms with Gasteiger partial charge in [0.1, 0.15) is 11.5 Å². The highest BCUT2D eigenvalue weighted by Crippen LogP contribution is 2.32. The number of rotatable bonds is 5. The predicted octanol–water partition coefficient (Wildman–Crippen LogP) is 4.65. The summed E-state index contributed by atoms with van der Waals surface area (Å²) in [6.45, 7) is 1.79. The van der Waals surface area contributed by atoms with Crippen LogP contribution in [0.25, 0.3) is 17.4 Å². The van der Waals surface area contributed by atoms with E-state index in [1.54, 1.807) is 43.3 Å². The maximum atomic E-state index is 11.8. The molecule has 0 aliphatic carbocycles. The van der Waals surface area contributed by atoms with Gasteiger partial charge in [-0.2, -0.15) is 0 Å². The predicted molar refractivity (Wildman–Crippen MR) is 87.6 cm³/mol. The van der Waals surface area contributed by atoms with Crippen LogP contribution in [-0.2, 0) is 0 Å². The Hall–Kier alpha value is -3.41. The SMILES string of the molecule is Cc1ccc(-c2ccc(/C=C/C(=O)c3ccco3)o2)c([N+](=O)[O-])c1. The summed E-state index contributed by atoms with van der Waals surface area (Å²) in [6.07, 6.45) is 4.24. The van der Waals surface area contributed by atoms with Gasteiger partial charge in [0.25, 0.3) is 5.69 Å². The summed E-state index contributed by atoms with van der Waals surface area (Å²) in [4.78, 5) is 22.6. The molecular weight excluding hydrogens is 310 g/mol. The Balaban J connectivity index is 1.86. The molecule has 0 amide bonds. The number of nitro benzene ring substituents is 1. The molecule has 0 spiro atoms. The fraction of sp³-hybridized carbons (Fsp3) is 0.0556. The Morgan fingerprint density at radius 3 is 2.75 bits per heavy atom. The quantitative estimate of drug-likeness (QED) is 0.295. The van der Waals surface area contributed by atoms with Crippen molar-refractivity contribution >= 4 is 17.5 Å².